The largest absolute Gasteiger partial charge is 0.497 e. The van der Waals surface area contributed by atoms with Crippen LogP contribution in [0.25, 0.3) is 5.65 Å². The van der Waals surface area contributed by atoms with Crippen LogP contribution in [0.3, 0.4) is 0 Å². The fourth-order valence-electron chi connectivity index (χ4n) is 3.05. The molecule has 0 radical (unpaired) electrons. The van der Waals surface area contributed by atoms with Gasteiger partial charge >= 0.3 is 0 Å². The summed E-state index contributed by atoms with van der Waals surface area (Å²) in [5, 5.41) is 30.1. The average molecular weight is 430 g/mol. The Balaban J connectivity index is 1.74. The number of benzene rings is 2. The van der Waals surface area contributed by atoms with Crippen LogP contribution in [0.1, 0.15) is 16.7 Å². The van der Waals surface area contributed by atoms with Crippen molar-refractivity contribution in [3.63, 3.8) is 0 Å². The van der Waals surface area contributed by atoms with Crippen molar-refractivity contribution in [2.45, 2.75) is 6.54 Å². The molecule has 2 N–H and O–H groups in total. The second kappa shape index (κ2) is 8.62. The molecule has 0 unspecified atom stereocenters. The molecule has 152 valence electrons. The van der Waals surface area contributed by atoms with E-state index in [9.17, 15) is 5.26 Å². The predicted octanol–water partition coefficient (Wildman–Crippen LogP) is 4.49. The number of aromatic nitrogens is 3. The lowest BCUT2D eigenvalue weighted by molar-refractivity contribution is 0.414. The molecule has 0 fully saturated rings. The van der Waals surface area contributed by atoms with Crippen LogP contribution in [0.15, 0.2) is 54.7 Å². The van der Waals surface area contributed by atoms with Crippen molar-refractivity contribution in [3.05, 3.63) is 76.4 Å². The van der Waals surface area contributed by atoms with E-state index < -0.39 is 0 Å². The summed E-state index contributed by atoms with van der Waals surface area (Å²) < 4.78 is 6.65. The lowest BCUT2D eigenvalue weighted by atomic mass is 10.2. The zero-order valence-corrected chi connectivity index (χ0v) is 17.2. The minimum Gasteiger partial charge on any atom is -0.497 e. The summed E-state index contributed by atoms with van der Waals surface area (Å²) in [5.41, 5.74) is 2.78. The first-order valence-electron chi connectivity index (χ1n) is 9.24. The Hall–Kier alpha value is -4.27. The molecule has 0 aliphatic carbocycles. The Labute approximate surface area is 183 Å². The highest BCUT2D eigenvalue weighted by Gasteiger charge is 2.18. The van der Waals surface area contributed by atoms with Crippen molar-refractivity contribution in [2.75, 3.05) is 17.7 Å². The number of hydrogen-bond acceptors (Lipinski definition) is 7. The summed E-state index contributed by atoms with van der Waals surface area (Å²) in [6.45, 7) is 0.441. The summed E-state index contributed by atoms with van der Waals surface area (Å²) >= 11 is 6.27. The van der Waals surface area contributed by atoms with Crippen molar-refractivity contribution < 1.29 is 4.74 Å². The van der Waals surface area contributed by atoms with Gasteiger partial charge in [-0.2, -0.15) is 20.1 Å². The highest BCUT2D eigenvalue weighted by atomic mass is 35.5. The summed E-state index contributed by atoms with van der Waals surface area (Å²) in [5.74, 6) is 1.53. The third kappa shape index (κ3) is 4.06. The van der Waals surface area contributed by atoms with E-state index in [1.807, 2.05) is 24.3 Å². The van der Waals surface area contributed by atoms with Crippen LogP contribution in [-0.2, 0) is 6.54 Å². The van der Waals surface area contributed by atoms with Crippen LogP contribution in [-0.4, -0.2) is 21.7 Å². The number of anilines is 3. The van der Waals surface area contributed by atoms with Crippen molar-refractivity contribution in [2.24, 2.45) is 0 Å². The zero-order chi connectivity index (χ0) is 21.8. The van der Waals surface area contributed by atoms with Gasteiger partial charge in [-0.05, 0) is 35.9 Å². The summed E-state index contributed by atoms with van der Waals surface area (Å²) in [6.07, 6.45) is 1.47. The van der Waals surface area contributed by atoms with Gasteiger partial charge < -0.3 is 15.4 Å². The normalized spacial score (nSPS) is 10.3. The third-order valence-corrected chi connectivity index (χ3v) is 4.86. The lowest BCUT2D eigenvalue weighted by Crippen LogP contribution is -2.10. The quantitative estimate of drug-likeness (QED) is 0.464. The van der Waals surface area contributed by atoms with E-state index in [4.69, 9.17) is 21.6 Å². The van der Waals surface area contributed by atoms with E-state index >= 15 is 0 Å². The van der Waals surface area contributed by atoms with Crippen molar-refractivity contribution in [1.82, 2.24) is 14.6 Å². The monoisotopic (exact) mass is 429 g/mol. The van der Waals surface area contributed by atoms with E-state index in [0.29, 0.717) is 40.1 Å². The molecule has 2 heterocycles. The molecule has 8 nitrogen and oxygen atoms in total. The van der Waals surface area contributed by atoms with E-state index in [-0.39, 0.29) is 5.56 Å². The first-order valence-corrected chi connectivity index (χ1v) is 9.62. The number of ether oxygens (including phenoxy) is 1. The molecule has 0 atom stereocenters. The third-order valence-electron chi connectivity index (χ3n) is 4.59. The second-order valence-corrected chi connectivity index (χ2v) is 6.95. The fraction of sp³-hybridized carbons (Fsp3) is 0.0909. The first-order chi connectivity index (χ1) is 15.1. The molecule has 9 heteroatoms. The summed E-state index contributed by atoms with van der Waals surface area (Å²) in [6, 6.07) is 18.8. The van der Waals surface area contributed by atoms with E-state index in [1.165, 1.54) is 10.7 Å². The maximum absolute atomic E-state index is 9.90. The van der Waals surface area contributed by atoms with Gasteiger partial charge in [-0.1, -0.05) is 29.8 Å². The van der Waals surface area contributed by atoms with Crippen molar-refractivity contribution in [3.8, 4) is 17.9 Å². The number of fused-ring (bicyclic) bond motifs is 1. The predicted molar refractivity (Wildman–Crippen MR) is 117 cm³/mol. The smallest absolute Gasteiger partial charge is 0.178 e. The van der Waals surface area contributed by atoms with Crippen LogP contribution < -0.4 is 15.4 Å². The van der Waals surface area contributed by atoms with E-state index in [1.54, 1.807) is 31.4 Å². The minimum absolute atomic E-state index is 0.267. The highest BCUT2D eigenvalue weighted by Crippen LogP contribution is 2.30. The molecule has 0 amide bonds. The molecule has 0 saturated heterocycles. The van der Waals surface area contributed by atoms with E-state index in [2.05, 4.69) is 32.9 Å². The number of nitrogens with one attached hydrogen (secondary N) is 2. The number of halogens is 1. The maximum Gasteiger partial charge on any atom is 0.178 e. The molecule has 0 saturated carbocycles. The Kier molecular flexibility index (Phi) is 5.57. The van der Waals surface area contributed by atoms with Gasteiger partial charge in [0.2, 0.25) is 0 Å². The molecule has 2 aromatic heterocycles. The van der Waals surface area contributed by atoms with Gasteiger partial charge in [0.25, 0.3) is 0 Å². The zero-order valence-electron chi connectivity index (χ0n) is 16.4. The number of hydrogen-bond donors (Lipinski definition) is 2. The van der Waals surface area contributed by atoms with Gasteiger partial charge in [0.1, 0.15) is 22.4 Å². The van der Waals surface area contributed by atoms with Gasteiger partial charge in [0, 0.05) is 12.2 Å². The number of nitriles is 2. The SMILES string of the molecule is COc1ccc(CNc2nc3c(Cl)cnn3c(Nc3cccc(C#N)c3)c2C#N)cc1. The minimum atomic E-state index is 0.267. The van der Waals surface area contributed by atoms with Gasteiger partial charge in [-0.3, -0.25) is 0 Å². The Morgan fingerprint density at radius 2 is 1.94 bits per heavy atom. The van der Waals surface area contributed by atoms with Crippen LogP contribution in [0, 0.1) is 22.7 Å². The standard InChI is InChI=1S/C22H16ClN7O/c1-31-17-7-5-14(6-8-17)12-26-20-18(11-25)21(30-22(29-20)19(23)13-27-30)28-16-4-2-3-15(9-16)10-24/h2-9,13,28H,12H2,1H3,(H,26,29). The summed E-state index contributed by atoms with van der Waals surface area (Å²) in [4.78, 5) is 4.51. The highest BCUT2D eigenvalue weighted by molar-refractivity contribution is 6.33. The maximum atomic E-state index is 9.90. The molecule has 0 spiro atoms. The van der Waals surface area contributed by atoms with Gasteiger partial charge in [0.15, 0.2) is 17.3 Å². The Morgan fingerprint density at radius 1 is 1.13 bits per heavy atom. The number of nitrogens with zero attached hydrogens (tertiary/aromatic N) is 5. The Bertz CT molecular complexity index is 1330. The molecule has 4 rings (SSSR count). The van der Waals surface area contributed by atoms with Gasteiger partial charge in [-0.25, -0.2) is 4.98 Å². The van der Waals surface area contributed by atoms with Crippen molar-refractivity contribution in [1.29, 1.82) is 10.5 Å². The molecular weight excluding hydrogens is 414 g/mol. The summed E-state index contributed by atoms with van der Waals surface area (Å²) in [7, 11) is 1.61. The second-order valence-electron chi connectivity index (χ2n) is 6.54. The van der Waals surface area contributed by atoms with Crippen LogP contribution in [0.2, 0.25) is 5.02 Å². The van der Waals surface area contributed by atoms with Crippen molar-refractivity contribution >= 4 is 34.6 Å². The van der Waals surface area contributed by atoms with Gasteiger partial charge in [0.05, 0.1) is 24.9 Å². The van der Waals surface area contributed by atoms with Crippen LogP contribution >= 0.6 is 11.6 Å². The van der Waals surface area contributed by atoms with Crippen LogP contribution in [0.5, 0.6) is 5.75 Å². The number of rotatable bonds is 6. The lowest BCUT2D eigenvalue weighted by Gasteiger charge is -2.15. The molecule has 0 aliphatic heterocycles. The van der Waals surface area contributed by atoms with Crippen LogP contribution in [0.4, 0.5) is 17.3 Å². The Morgan fingerprint density at radius 3 is 2.65 bits per heavy atom. The molecule has 31 heavy (non-hydrogen) atoms. The number of methoxy groups -OCH3 is 1. The van der Waals surface area contributed by atoms with E-state index in [0.717, 1.165) is 11.3 Å². The van der Waals surface area contributed by atoms with Gasteiger partial charge in [-0.15, -0.1) is 0 Å². The fourth-order valence-corrected chi connectivity index (χ4v) is 3.21. The topological polar surface area (TPSA) is 111 Å². The molecule has 0 aliphatic rings. The molecule has 4 aromatic rings. The molecular formula is C22H16ClN7O. The average Bonchev–Trinajstić information content (AvgIpc) is 3.18. The molecule has 2 aromatic carbocycles. The first kappa shape index (κ1) is 20.0. The molecule has 0 bridgehead atoms.